The Bertz CT molecular complexity index is 1500. The Labute approximate surface area is 203 Å². The van der Waals surface area contributed by atoms with Crippen LogP contribution in [0.3, 0.4) is 0 Å². The smallest absolute Gasteiger partial charge is 0.293 e. The predicted molar refractivity (Wildman–Crippen MR) is 140 cm³/mol. The molecule has 0 saturated carbocycles. The minimum Gasteiger partial charge on any atom is -0.318 e. The number of aromatic nitrogens is 1. The summed E-state index contributed by atoms with van der Waals surface area (Å²) < 4.78 is 2.19. The van der Waals surface area contributed by atoms with Crippen molar-refractivity contribution in [3.05, 3.63) is 105 Å². The van der Waals surface area contributed by atoms with E-state index >= 15 is 0 Å². The topological polar surface area (TPSA) is 42.3 Å². The van der Waals surface area contributed by atoms with Gasteiger partial charge in [-0.15, -0.1) is 0 Å². The standard InChI is InChI=1S/C29H26N2O2S/c1-18-9-12-26(13-19(18)2)31-20(3)14-25(21(31)4)16-27-28(32)30(29(33)34-27)17-22-10-11-23-7-5-6-8-24(23)15-22/h5-16H,17H2,1-4H3/b27-16-. The van der Waals surface area contributed by atoms with E-state index in [1.807, 2.05) is 49.4 Å². The molecule has 1 aromatic heterocycles. The highest BCUT2D eigenvalue weighted by Gasteiger charge is 2.35. The first-order chi connectivity index (χ1) is 16.3. The van der Waals surface area contributed by atoms with Crippen molar-refractivity contribution in [2.45, 2.75) is 34.2 Å². The fraction of sp³-hybridized carbons (Fsp3) is 0.172. The molecule has 4 nitrogen and oxygen atoms in total. The molecule has 1 saturated heterocycles. The maximum Gasteiger partial charge on any atom is 0.293 e. The number of benzene rings is 3. The van der Waals surface area contributed by atoms with E-state index in [1.165, 1.54) is 16.0 Å². The van der Waals surface area contributed by atoms with Crippen molar-refractivity contribution in [1.82, 2.24) is 9.47 Å². The molecule has 5 heteroatoms. The summed E-state index contributed by atoms with van der Waals surface area (Å²) in [5.41, 5.74) is 7.61. The van der Waals surface area contributed by atoms with Crippen LogP contribution in [0.5, 0.6) is 0 Å². The minimum atomic E-state index is -0.237. The van der Waals surface area contributed by atoms with Gasteiger partial charge in [0.25, 0.3) is 11.1 Å². The molecule has 1 aliphatic heterocycles. The maximum atomic E-state index is 13.2. The van der Waals surface area contributed by atoms with Crippen molar-refractivity contribution < 1.29 is 9.59 Å². The zero-order valence-corrected chi connectivity index (χ0v) is 20.6. The largest absolute Gasteiger partial charge is 0.318 e. The van der Waals surface area contributed by atoms with Crippen LogP contribution in [0, 0.1) is 27.7 Å². The fourth-order valence-electron chi connectivity index (χ4n) is 4.49. The van der Waals surface area contributed by atoms with Crippen LogP contribution in [0.4, 0.5) is 4.79 Å². The molecular weight excluding hydrogens is 440 g/mol. The second-order valence-corrected chi connectivity index (χ2v) is 9.87. The van der Waals surface area contributed by atoms with Crippen LogP contribution in [0.25, 0.3) is 22.5 Å². The second kappa shape index (κ2) is 8.65. The van der Waals surface area contributed by atoms with E-state index in [2.05, 4.69) is 55.7 Å². The first-order valence-corrected chi connectivity index (χ1v) is 12.1. The minimum absolute atomic E-state index is 0.229. The summed E-state index contributed by atoms with van der Waals surface area (Å²) in [5.74, 6) is -0.237. The van der Waals surface area contributed by atoms with Gasteiger partial charge in [-0.05, 0) is 103 Å². The van der Waals surface area contributed by atoms with Gasteiger partial charge < -0.3 is 4.57 Å². The summed E-state index contributed by atoms with van der Waals surface area (Å²) in [6.45, 7) is 8.60. The number of carbonyl (C=O) groups excluding carboxylic acids is 2. The van der Waals surface area contributed by atoms with E-state index in [0.29, 0.717) is 4.91 Å². The third-order valence-corrected chi connectivity index (χ3v) is 7.44. The Hall–Kier alpha value is -3.57. The highest BCUT2D eigenvalue weighted by atomic mass is 32.2. The van der Waals surface area contributed by atoms with E-state index in [1.54, 1.807) is 0 Å². The van der Waals surface area contributed by atoms with Crippen LogP contribution >= 0.6 is 11.8 Å². The molecule has 0 spiro atoms. The molecule has 34 heavy (non-hydrogen) atoms. The van der Waals surface area contributed by atoms with Crippen LogP contribution in [0.1, 0.15) is 33.6 Å². The van der Waals surface area contributed by atoms with Gasteiger partial charge in [0.2, 0.25) is 0 Å². The summed E-state index contributed by atoms with van der Waals surface area (Å²) in [5, 5.41) is 2.01. The Morgan fingerprint density at radius 3 is 2.35 bits per heavy atom. The van der Waals surface area contributed by atoms with Gasteiger partial charge in [-0.3, -0.25) is 14.5 Å². The Morgan fingerprint density at radius 2 is 1.59 bits per heavy atom. The number of amides is 2. The van der Waals surface area contributed by atoms with Crippen LogP contribution in [-0.2, 0) is 11.3 Å². The summed E-state index contributed by atoms with van der Waals surface area (Å²) in [6, 6.07) is 22.6. The van der Waals surface area contributed by atoms with Crippen LogP contribution in [-0.4, -0.2) is 20.6 Å². The van der Waals surface area contributed by atoms with Gasteiger partial charge in [-0.25, -0.2) is 0 Å². The number of hydrogen-bond donors (Lipinski definition) is 0. The van der Waals surface area contributed by atoms with Crippen molar-refractivity contribution in [2.75, 3.05) is 0 Å². The lowest BCUT2D eigenvalue weighted by Gasteiger charge is -2.13. The van der Waals surface area contributed by atoms with E-state index in [9.17, 15) is 9.59 Å². The van der Waals surface area contributed by atoms with E-state index in [0.717, 1.165) is 50.7 Å². The molecule has 0 N–H and O–H groups in total. The molecule has 4 aromatic rings. The molecule has 170 valence electrons. The van der Waals surface area contributed by atoms with Gasteiger partial charge in [-0.2, -0.15) is 0 Å². The normalized spacial score (nSPS) is 15.2. The van der Waals surface area contributed by atoms with Gasteiger partial charge >= 0.3 is 0 Å². The van der Waals surface area contributed by atoms with Crippen LogP contribution in [0.2, 0.25) is 0 Å². The molecule has 5 rings (SSSR count). The highest BCUT2D eigenvalue weighted by Crippen LogP contribution is 2.35. The van der Waals surface area contributed by atoms with Crippen LogP contribution < -0.4 is 0 Å². The molecule has 2 heterocycles. The zero-order chi connectivity index (χ0) is 24.0. The van der Waals surface area contributed by atoms with Crippen molar-refractivity contribution in [3.63, 3.8) is 0 Å². The predicted octanol–water partition coefficient (Wildman–Crippen LogP) is 7.10. The van der Waals surface area contributed by atoms with Gasteiger partial charge in [0.1, 0.15) is 0 Å². The number of imide groups is 1. The van der Waals surface area contributed by atoms with Crippen molar-refractivity contribution in [1.29, 1.82) is 0 Å². The Morgan fingerprint density at radius 1 is 0.824 bits per heavy atom. The summed E-state index contributed by atoms with van der Waals surface area (Å²) in [7, 11) is 0. The molecule has 0 radical (unpaired) electrons. The first kappa shape index (κ1) is 22.2. The average molecular weight is 467 g/mol. The van der Waals surface area contributed by atoms with Crippen molar-refractivity contribution in [2.24, 2.45) is 0 Å². The average Bonchev–Trinajstić information content (AvgIpc) is 3.24. The summed E-state index contributed by atoms with van der Waals surface area (Å²) in [4.78, 5) is 27.7. The van der Waals surface area contributed by atoms with Crippen molar-refractivity contribution >= 4 is 39.8 Å². The lowest BCUT2D eigenvalue weighted by Crippen LogP contribution is -2.27. The lowest BCUT2D eigenvalue weighted by molar-refractivity contribution is -0.123. The van der Waals surface area contributed by atoms with E-state index < -0.39 is 0 Å². The molecule has 0 atom stereocenters. The van der Waals surface area contributed by atoms with Crippen molar-refractivity contribution in [3.8, 4) is 5.69 Å². The van der Waals surface area contributed by atoms with Gasteiger partial charge in [0.15, 0.2) is 0 Å². The number of fused-ring (bicyclic) bond motifs is 1. The SMILES string of the molecule is Cc1ccc(-n2c(C)cc(/C=C3\SC(=O)N(Cc4ccc5ccccc5c4)C3=O)c2C)cc1C. The van der Waals surface area contributed by atoms with Gasteiger partial charge in [0, 0.05) is 17.1 Å². The third kappa shape index (κ3) is 3.97. The number of thioether (sulfide) groups is 1. The molecule has 1 aliphatic rings. The van der Waals surface area contributed by atoms with Gasteiger partial charge in [0.05, 0.1) is 11.4 Å². The Balaban J connectivity index is 1.43. The molecular formula is C29H26N2O2S. The van der Waals surface area contributed by atoms with E-state index in [-0.39, 0.29) is 17.7 Å². The fourth-order valence-corrected chi connectivity index (χ4v) is 5.32. The molecule has 1 fully saturated rings. The lowest BCUT2D eigenvalue weighted by atomic mass is 10.1. The molecule has 2 amide bonds. The number of rotatable bonds is 4. The quantitative estimate of drug-likeness (QED) is 0.301. The van der Waals surface area contributed by atoms with Gasteiger partial charge in [-0.1, -0.05) is 42.5 Å². The van der Waals surface area contributed by atoms with Crippen LogP contribution in [0.15, 0.2) is 71.6 Å². The number of aryl methyl sites for hydroxylation is 3. The second-order valence-electron chi connectivity index (χ2n) is 8.88. The summed E-state index contributed by atoms with van der Waals surface area (Å²) in [6.07, 6.45) is 1.85. The molecule has 0 bridgehead atoms. The van der Waals surface area contributed by atoms with E-state index in [4.69, 9.17) is 0 Å². The highest BCUT2D eigenvalue weighted by molar-refractivity contribution is 8.18. The molecule has 0 unspecified atom stereocenters. The monoisotopic (exact) mass is 466 g/mol. The number of carbonyl (C=O) groups is 2. The molecule has 3 aromatic carbocycles. The number of nitrogens with zero attached hydrogens (tertiary/aromatic N) is 2. The summed E-state index contributed by atoms with van der Waals surface area (Å²) >= 11 is 1.01. The number of hydrogen-bond acceptors (Lipinski definition) is 3. The third-order valence-electron chi connectivity index (χ3n) is 6.53. The maximum absolute atomic E-state index is 13.2. The molecule has 0 aliphatic carbocycles. The Kier molecular flexibility index (Phi) is 5.66. The first-order valence-electron chi connectivity index (χ1n) is 11.3. The zero-order valence-electron chi connectivity index (χ0n) is 19.8.